The average molecular weight is 237 g/mol. The summed E-state index contributed by atoms with van der Waals surface area (Å²) in [6, 6.07) is 4.38. The van der Waals surface area contributed by atoms with E-state index in [-0.39, 0.29) is 5.56 Å². The molecule has 0 spiro atoms. The minimum absolute atomic E-state index is 0.222. The summed E-state index contributed by atoms with van der Waals surface area (Å²) in [5.74, 6) is -0.0575. The first kappa shape index (κ1) is 11.8. The molecule has 0 saturated heterocycles. The van der Waals surface area contributed by atoms with Gasteiger partial charge in [0.15, 0.2) is 0 Å². The summed E-state index contributed by atoms with van der Waals surface area (Å²) in [5.41, 5.74) is 7.07. The molecule has 1 heterocycles. The molecule has 2 N–H and O–H groups in total. The highest BCUT2D eigenvalue weighted by atomic mass is 19.1. The van der Waals surface area contributed by atoms with Crippen LogP contribution in [0.25, 0.3) is 0 Å². The van der Waals surface area contributed by atoms with Gasteiger partial charge in [-0.1, -0.05) is 6.07 Å². The van der Waals surface area contributed by atoms with Crippen molar-refractivity contribution in [2.24, 2.45) is 5.73 Å². The fourth-order valence-corrected chi connectivity index (χ4v) is 1.66. The Kier molecular flexibility index (Phi) is 2.98. The second kappa shape index (κ2) is 4.30. The zero-order valence-corrected chi connectivity index (χ0v) is 9.63. The molecule has 1 atom stereocenters. The lowest BCUT2D eigenvalue weighted by atomic mass is 10.0. The van der Waals surface area contributed by atoms with Crippen LogP contribution in [0, 0.1) is 25.5 Å². The van der Waals surface area contributed by atoms with Crippen LogP contribution in [0.4, 0.5) is 8.78 Å². The molecule has 0 saturated carbocycles. The fraction of sp³-hybridized carbons (Fsp3) is 0.231. The molecule has 2 rings (SSSR count). The summed E-state index contributed by atoms with van der Waals surface area (Å²) < 4.78 is 31.7. The van der Waals surface area contributed by atoms with Crippen molar-refractivity contribution >= 4 is 0 Å². The standard InChI is InChI=1S/C13H13F2NO/c1-7-5-12(17-8(7)2)13(16)10-4-3-9(14)6-11(10)15/h3-6,13H,16H2,1-2H3. The van der Waals surface area contributed by atoms with Gasteiger partial charge in [0.05, 0.1) is 6.04 Å². The Hall–Kier alpha value is -1.68. The quantitative estimate of drug-likeness (QED) is 0.871. The Morgan fingerprint density at radius 2 is 1.88 bits per heavy atom. The van der Waals surface area contributed by atoms with Crippen molar-refractivity contribution in [1.82, 2.24) is 0 Å². The number of benzene rings is 1. The molecule has 1 unspecified atom stereocenters. The van der Waals surface area contributed by atoms with E-state index in [4.69, 9.17) is 10.2 Å². The van der Waals surface area contributed by atoms with E-state index in [9.17, 15) is 8.78 Å². The molecule has 0 fully saturated rings. The first-order valence-corrected chi connectivity index (χ1v) is 5.26. The Morgan fingerprint density at radius 1 is 1.18 bits per heavy atom. The van der Waals surface area contributed by atoms with Crippen LogP contribution in [0.5, 0.6) is 0 Å². The number of nitrogens with two attached hydrogens (primary N) is 1. The second-order valence-electron chi connectivity index (χ2n) is 4.03. The number of halogens is 2. The van der Waals surface area contributed by atoms with Crippen LogP contribution < -0.4 is 5.73 Å². The van der Waals surface area contributed by atoms with Crippen LogP contribution in [-0.2, 0) is 0 Å². The molecule has 0 amide bonds. The number of hydrogen-bond acceptors (Lipinski definition) is 2. The Balaban J connectivity index is 2.39. The predicted octanol–water partition coefficient (Wildman–Crippen LogP) is 3.22. The van der Waals surface area contributed by atoms with Gasteiger partial charge in [-0.2, -0.15) is 0 Å². The lowest BCUT2D eigenvalue weighted by molar-refractivity contribution is 0.457. The minimum atomic E-state index is -0.719. The summed E-state index contributed by atoms with van der Waals surface area (Å²) in [6.45, 7) is 3.70. The number of furan rings is 1. The van der Waals surface area contributed by atoms with Crippen molar-refractivity contribution < 1.29 is 13.2 Å². The molecule has 0 radical (unpaired) electrons. The highest BCUT2D eigenvalue weighted by Crippen LogP contribution is 2.26. The Morgan fingerprint density at radius 3 is 2.41 bits per heavy atom. The molecule has 0 aliphatic carbocycles. The third kappa shape index (κ3) is 2.22. The van der Waals surface area contributed by atoms with Gasteiger partial charge in [-0.3, -0.25) is 0 Å². The van der Waals surface area contributed by atoms with Crippen LogP contribution >= 0.6 is 0 Å². The molecule has 0 aliphatic rings. The summed E-state index contributed by atoms with van der Waals surface area (Å²) in [4.78, 5) is 0. The Bertz CT molecular complexity index is 529. The molecule has 0 aliphatic heterocycles. The van der Waals surface area contributed by atoms with E-state index in [1.54, 1.807) is 6.07 Å². The van der Waals surface area contributed by atoms with Gasteiger partial charge in [0, 0.05) is 11.6 Å². The maximum atomic E-state index is 13.5. The third-order valence-electron chi connectivity index (χ3n) is 2.79. The van der Waals surface area contributed by atoms with Gasteiger partial charge < -0.3 is 10.2 Å². The van der Waals surface area contributed by atoms with Gasteiger partial charge >= 0.3 is 0 Å². The maximum absolute atomic E-state index is 13.5. The van der Waals surface area contributed by atoms with Gasteiger partial charge in [-0.15, -0.1) is 0 Å². The van der Waals surface area contributed by atoms with E-state index in [1.165, 1.54) is 12.1 Å². The van der Waals surface area contributed by atoms with E-state index >= 15 is 0 Å². The molecular formula is C13H13F2NO. The highest BCUT2D eigenvalue weighted by Gasteiger charge is 2.18. The number of rotatable bonds is 2. The van der Waals surface area contributed by atoms with Crippen LogP contribution in [-0.4, -0.2) is 0 Å². The topological polar surface area (TPSA) is 39.2 Å². The van der Waals surface area contributed by atoms with Crippen LogP contribution in [0.15, 0.2) is 28.7 Å². The lowest BCUT2D eigenvalue weighted by Gasteiger charge is -2.10. The second-order valence-corrected chi connectivity index (χ2v) is 4.03. The molecule has 90 valence electrons. The Labute approximate surface area is 98.0 Å². The van der Waals surface area contributed by atoms with Crippen LogP contribution in [0.2, 0.25) is 0 Å². The summed E-state index contributed by atoms with van der Waals surface area (Å²) >= 11 is 0. The van der Waals surface area contributed by atoms with Gasteiger partial charge in [0.25, 0.3) is 0 Å². The molecule has 17 heavy (non-hydrogen) atoms. The van der Waals surface area contributed by atoms with Gasteiger partial charge in [0.1, 0.15) is 23.2 Å². The van der Waals surface area contributed by atoms with Gasteiger partial charge in [-0.25, -0.2) is 8.78 Å². The van der Waals surface area contributed by atoms with Crippen molar-refractivity contribution in [3.63, 3.8) is 0 Å². The number of aryl methyl sites for hydroxylation is 2. The van der Waals surface area contributed by atoms with Crippen molar-refractivity contribution in [2.45, 2.75) is 19.9 Å². The first-order valence-electron chi connectivity index (χ1n) is 5.26. The average Bonchev–Trinajstić information content (AvgIpc) is 2.58. The minimum Gasteiger partial charge on any atom is -0.464 e. The van der Waals surface area contributed by atoms with Crippen molar-refractivity contribution in [1.29, 1.82) is 0 Å². The molecule has 2 aromatic rings. The van der Waals surface area contributed by atoms with E-state index in [2.05, 4.69) is 0 Å². The zero-order chi connectivity index (χ0) is 12.6. The molecular weight excluding hydrogens is 224 g/mol. The van der Waals surface area contributed by atoms with Crippen molar-refractivity contribution in [3.8, 4) is 0 Å². The molecule has 2 nitrogen and oxygen atoms in total. The zero-order valence-electron chi connectivity index (χ0n) is 9.63. The summed E-state index contributed by atoms with van der Waals surface area (Å²) in [5, 5.41) is 0. The highest BCUT2D eigenvalue weighted by molar-refractivity contribution is 5.31. The van der Waals surface area contributed by atoms with Crippen molar-refractivity contribution in [3.05, 3.63) is 58.5 Å². The SMILES string of the molecule is Cc1cc(C(N)c2ccc(F)cc2F)oc1C. The van der Waals surface area contributed by atoms with Crippen LogP contribution in [0.3, 0.4) is 0 Å². The van der Waals surface area contributed by atoms with Gasteiger partial charge in [0.2, 0.25) is 0 Å². The van der Waals surface area contributed by atoms with E-state index < -0.39 is 17.7 Å². The fourth-order valence-electron chi connectivity index (χ4n) is 1.66. The molecule has 1 aromatic carbocycles. The first-order chi connectivity index (χ1) is 7.99. The molecule has 0 bridgehead atoms. The smallest absolute Gasteiger partial charge is 0.131 e. The van der Waals surface area contributed by atoms with Gasteiger partial charge in [-0.05, 0) is 31.5 Å². The summed E-state index contributed by atoms with van der Waals surface area (Å²) in [7, 11) is 0. The van der Waals surface area contributed by atoms with Crippen molar-refractivity contribution in [2.75, 3.05) is 0 Å². The summed E-state index contributed by atoms with van der Waals surface area (Å²) in [6.07, 6.45) is 0. The third-order valence-corrected chi connectivity index (χ3v) is 2.79. The largest absolute Gasteiger partial charge is 0.464 e. The van der Waals surface area contributed by atoms with E-state index in [1.807, 2.05) is 13.8 Å². The van der Waals surface area contributed by atoms with E-state index in [0.29, 0.717) is 5.76 Å². The monoisotopic (exact) mass is 237 g/mol. The number of hydrogen-bond donors (Lipinski definition) is 1. The lowest BCUT2D eigenvalue weighted by Crippen LogP contribution is -2.13. The maximum Gasteiger partial charge on any atom is 0.131 e. The molecule has 1 aromatic heterocycles. The molecule has 4 heteroatoms. The normalized spacial score (nSPS) is 12.8. The van der Waals surface area contributed by atoms with Crippen LogP contribution in [0.1, 0.15) is 28.7 Å². The predicted molar refractivity (Wildman–Crippen MR) is 60.6 cm³/mol. The van der Waals surface area contributed by atoms with E-state index in [0.717, 1.165) is 17.4 Å².